The minimum atomic E-state index is 0. The Morgan fingerprint density at radius 1 is 0.594 bits per heavy atom. The maximum atomic E-state index is 4.90. The summed E-state index contributed by atoms with van der Waals surface area (Å²) in [5.74, 6) is 0.103. The van der Waals surface area contributed by atoms with Crippen LogP contribution in [-0.4, -0.2) is 9.97 Å². The summed E-state index contributed by atoms with van der Waals surface area (Å²) in [6, 6.07) is 34.0. The van der Waals surface area contributed by atoms with E-state index in [1.54, 1.807) is 0 Å². The van der Waals surface area contributed by atoms with Crippen molar-refractivity contribution in [2.45, 2.75) is 19.3 Å². The van der Waals surface area contributed by atoms with Crippen LogP contribution in [0.25, 0.3) is 33.0 Å². The average Bonchev–Trinajstić information content (AvgIpc) is 2.85. The van der Waals surface area contributed by atoms with Crippen molar-refractivity contribution in [3.05, 3.63) is 121 Å². The number of rotatable bonds is 5. The first kappa shape index (κ1) is 22.1. The second-order valence-corrected chi connectivity index (χ2v) is 7.73. The average molecular weight is 596 g/mol. The largest absolute Gasteiger partial charge is 2.00 e. The van der Waals surface area contributed by atoms with Crippen LogP contribution in [-0.2, 0) is 21.1 Å². The molecule has 0 saturated heterocycles. The molecule has 0 aliphatic carbocycles. The van der Waals surface area contributed by atoms with Gasteiger partial charge in [-0.25, -0.2) is 0 Å². The number of benzene rings is 3. The normalized spacial score (nSPS) is 11.7. The van der Waals surface area contributed by atoms with Crippen LogP contribution < -0.4 is 0 Å². The van der Waals surface area contributed by atoms with E-state index in [1.165, 1.54) is 33.0 Å². The van der Waals surface area contributed by atoms with E-state index in [0.29, 0.717) is 0 Å². The third-order valence-corrected chi connectivity index (χ3v) is 5.91. The summed E-state index contributed by atoms with van der Waals surface area (Å²) >= 11 is 0. The number of hydrogen-bond acceptors (Lipinski definition) is 2. The van der Waals surface area contributed by atoms with Gasteiger partial charge in [-0.05, 0) is 40.5 Å². The van der Waals surface area contributed by atoms with Gasteiger partial charge in [-0.15, -0.1) is 0 Å². The van der Waals surface area contributed by atoms with Gasteiger partial charge in [-0.3, -0.25) is 9.97 Å². The predicted octanol–water partition coefficient (Wildman–Crippen LogP) is 7.50. The first-order valence-corrected chi connectivity index (χ1v) is 10.8. The van der Waals surface area contributed by atoms with Crippen molar-refractivity contribution in [1.29, 1.82) is 0 Å². The van der Waals surface area contributed by atoms with Crippen LogP contribution in [0.4, 0.5) is 0 Å². The molecule has 5 rings (SSSR count). The molecule has 5 aromatic rings. The summed E-state index contributed by atoms with van der Waals surface area (Å²) in [5, 5.41) is 2.49. The molecule has 0 spiro atoms. The zero-order chi connectivity index (χ0) is 21.0. The summed E-state index contributed by atoms with van der Waals surface area (Å²) in [4.78, 5) is 9.76. The molecule has 1 unspecified atom stereocenters. The van der Waals surface area contributed by atoms with Gasteiger partial charge < -0.3 is 0 Å². The molecule has 0 bridgehead atoms. The minimum Gasteiger partial charge on any atom is -0.260 e. The molecule has 0 saturated carbocycles. The Bertz CT molecular complexity index is 1330. The zero-order valence-electron chi connectivity index (χ0n) is 17.9. The van der Waals surface area contributed by atoms with Crippen molar-refractivity contribution in [3.8, 4) is 22.3 Å². The Morgan fingerprint density at radius 3 is 1.94 bits per heavy atom. The van der Waals surface area contributed by atoms with E-state index in [-0.39, 0.29) is 27.0 Å². The van der Waals surface area contributed by atoms with E-state index in [0.717, 1.165) is 17.8 Å². The molecule has 2 heterocycles. The summed E-state index contributed by atoms with van der Waals surface area (Å²) in [5.41, 5.74) is 6.91. The van der Waals surface area contributed by atoms with Crippen LogP contribution >= 0.6 is 0 Å². The van der Waals surface area contributed by atoms with E-state index in [1.807, 2.05) is 30.6 Å². The zero-order valence-corrected chi connectivity index (χ0v) is 20.2. The van der Waals surface area contributed by atoms with Crippen molar-refractivity contribution < 1.29 is 21.1 Å². The fraction of sp³-hybridized carbons (Fsp3) is 0.103. The molecule has 0 N–H and O–H groups in total. The fourth-order valence-corrected chi connectivity index (χ4v) is 4.46. The first-order valence-electron chi connectivity index (χ1n) is 10.8. The maximum absolute atomic E-state index is 4.90. The van der Waals surface area contributed by atoms with E-state index >= 15 is 0 Å². The second-order valence-electron chi connectivity index (χ2n) is 7.73. The van der Waals surface area contributed by atoms with Crippen LogP contribution in [0.3, 0.4) is 0 Å². The van der Waals surface area contributed by atoms with Gasteiger partial charge in [0.15, 0.2) is 0 Å². The van der Waals surface area contributed by atoms with Gasteiger partial charge >= 0.3 is 21.1 Å². The molecular formula is C29H24N2Pt+2. The number of hydrogen-bond donors (Lipinski definition) is 0. The smallest absolute Gasteiger partial charge is 0.260 e. The Labute approximate surface area is 203 Å². The topological polar surface area (TPSA) is 25.8 Å². The van der Waals surface area contributed by atoms with Gasteiger partial charge in [0.05, 0.1) is 11.4 Å². The molecule has 0 aliphatic heterocycles. The SMILES string of the molecule is CCC(c1ncccc1-c1ccccc1)c1ncccc1-c1cccc2ccccc12.[Pt+2]. The van der Waals surface area contributed by atoms with Crippen LogP contribution in [0, 0.1) is 0 Å². The fourth-order valence-electron chi connectivity index (χ4n) is 4.46. The first-order chi connectivity index (χ1) is 15.4. The number of nitrogens with zero attached hydrogens (tertiary/aromatic N) is 2. The van der Waals surface area contributed by atoms with Crippen molar-refractivity contribution in [1.82, 2.24) is 9.97 Å². The van der Waals surface area contributed by atoms with Gasteiger partial charge in [-0.2, -0.15) is 0 Å². The Kier molecular flexibility index (Phi) is 6.92. The summed E-state index contributed by atoms with van der Waals surface area (Å²) in [6.07, 6.45) is 4.72. The van der Waals surface area contributed by atoms with Crippen molar-refractivity contribution in [3.63, 3.8) is 0 Å². The van der Waals surface area contributed by atoms with Crippen LogP contribution in [0.15, 0.2) is 109 Å². The molecule has 3 aromatic carbocycles. The number of pyridine rings is 2. The molecular weight excluding hydrogens is 571 g/mol. The van der Waals surface area contributed by atoms with E-state index < -0.39 is 0 Å². The van der Waals surface area contributed by atoms with Gasteiger partial charge in [-0.1, -0.05) is 91.9 Å². The van der Waals surface area contributed by atoms with Gasteiger partial charge in [0.25, 0.3) is 0 Å². The minimum absolute atomic E-state index is 0. The third kappa shape index (κ3) is 4.16. The quantitative estimate of drug-likeness (QED) is 0.210. The molecule has 0 amide bonds. The Balaban J connectivity index is 0.00000245. The van der Waals surface area contributed by atoms with E-state index in [4.69, 9.17) is 9.97 Å². The molecule has 0 aliphatic rings. The summed E-state index contributed by atoms with van der Waals surface area (Å²) in [6.45, 7) is 2.22. The molecule has 0 fully saturated rings. The van der Waals surface area contributed by atoms with Gasteiger partial charge in [0.1, 0.15) is 0 Å². The molecule has 1 atom stereocenters. The second kappa shape index (κ2) is 10.0. The number of fused-ring (bicyclic) bond motifs is 1. The molecule has 2 aromatic heterocycles. The van der Waals surface area contributed by atoms with E-state index in [2.05, 4.69) is 85.8 Å². The van der Waals surface area contributed by atoms with Gasteiger partial charge in [0, 0.05) is 29.4 Å². The number of aromatic nitrogens is 2. The van der Waals surface area contributed by atoms with Crippen LogP contribution in [0.5, 0.6) is 0 Å². The van der Waals surface area contributed by atoms with Crippen LogP contribution in [0.2, 0.25) is 0 Å². The molecule has 32 heavy (non-hydrogen) atoms. The Morgan fingerprint density at radius 2 is 1.19 bits per heavy atom. The third-order valence-electron chi connectivity index (χ3n) is 5.91. The summed E-state index contributed by atoms with van der Waals surface area (Å²) < 4.78 is 0. The predicted molar refractivity (Wildman–Crippen MR) is 129 cm³/mol. The van der Waals surface area contributed by atoms with Crippen molar-refractivity contribution >= 4 is 10.8 Å². The monoisotopic (exact) mass is 595 g/mol. The van der Waals surface area contributed by atoms with E-state index in [9.17, 15) is 0 Å². The van der Waals surface area contributed by atoms with Crippen molar-refractivity contribution in [2.75, 3.05) is 0 Å². The molecule has 0 radical (unpaired) electrons. The Hall–Kier alpha value is -3.09. The summed E-state index contributed by atoms with van der Waals surface area (Å²) in [7, 11) is 0. The maximum Gasteiger partial charge on any atom is 2.00 e. The molecule has 2 nitrogen and oxygen atoms in total. The van der Waals surface area contributed by atoms with Crippen molar-refractivity contribution in [2.24, 2.45) is 0 Å². The molecule has 3 heteroatoms. The van der Waals surface area contributed by atoms with Crippen LogP contribution in [0.1, 0.15) is 30.7 Å². The van der Waals surface area contributed by atoms with Gasteiger partial charge in [0.2, 0.25) is 0 Å². The standard InChI is InChI=1S/C29H24N2.Pt/c1-2-23(28-25(17-9-19-30-28)22-11-4-3-5-12-22)29-27(18-10-20-31-29)26-16-8-14-21-13-6-7-15-24(21)26;/h3-20,23H,2H2,1H3;/q;+2. The molecule has 158 valence electrons.